The smallest absolute Gasteiger partial charge is 0.282 e. The molecule has 1 N–H and O–H groups in total. The van der Waals surface area contributed by atoms with Crippen molar-refractivity contribution in [2.45, 2.75) is 6.42 Å². The van der Waals surface area contributed by atoms with Gasteiger partial charge in [-0.1, -0.05) is 29.8 Å². The van der Waals surface area contributed by atoms with Gasteiger partial charge in [0.25, 0.3) is 17.5 Å². The van der Waals surface area contributed by atoms with Gasteiger partial charge in [-0.2, -0.15) is 0 Å². The number of amides is 2. The van der Waals surface area contributed by atoms with E-state index in [4.69, 9.17) is 11.6 Å². The van der Waals surface area contributed by atoms with Crippen molar-refractivity contribution in [1.82, 2.24) is 9.88 Å². The first-order valence-corrected chi connectivity index (χ1v) is 8.25. The molecule has 0 unspecified atom stereocenters. The molecular formula is C18H12ClN3O4. The quantitative estimate of drug-likeness (QED) is 0.424. The van der Waals surface area contributed by atoms with Gasteiger partial charge in [0.2, 0.25) is 0 Å². The summed E-state index contributed by atoms with van der Waals surface area (Å²) in [7, 11) is 0. The number of carbonyl (C=O) groups is 2. The molecule has 8 heteroatoms. The van der Waals surface area contributed by atoms with Crippen molar-refractivity contribution in [3.63, 3.8) is 0 Å². The summed E-state index contributed by atoms with van der Waals surface area (Å²) in [5.41, 5.74) is 1.43. The summed E-state index contributed by atoms with van der Waals surface area (Å²) in [6.07, 6.45) is 0.477. The van der Waals surface area contributed by atoms with Crippen molar-refractivity contribution < 1.29 is 14.5 Å². The number of para-hydroxylation sites is 1. The minimum absolute atomic E-state index is 0.149. The predicted octanol–water partition coefficient (Wildman–Crippen LogP) is 3.57. The molecule has 1 aliphatic heterocycles. The van der Waals surface area contributed by atoms with E-state index in [0.29, 0.717) is 12.1 Å². The highest BCUT2D eigenvalue weighted by Crippen LogP contribution is 2.30. The maximum Gasteiger partial charge on any atom is 0.282 e. The summed E-state index contributed by atoms with van der Waals surface area (Å²) in [5.74, 6) is -1.23. The van der Waals surface area contributed by atoms with Gasteiger partial charge in [0, 0.05) is 28.5 Å². The third kappa shape index (κ3) is 2.44. The lowest BCUT2D eigenvalue weighted by atomic mass is 10.0. The fourth-order valence-corrected chi connectivity index (χ4v) is 3.45. The molecular weight excluding hydrogens is 358 g/mol. The largest absolute Gasteiger partial charge is 0.350 e. The lowest BCUT2D eigenvalue weighted by Crippen LogP contribution is -2.42. The van der Waals surface area contributed by atoms with Crippen LogP contribution in [0.5, 0.6) is 0 Å². The summed E-state index contributed by atoms with van der Waals surface area (Å²) < 4.78 is 0. The summed E-state index contributed by atoms with van der Waals surface area (Å²) >= 11 is 5.89. The molecule has 0 saturated carbocycles. The molecule has 26 heavy (non-hydrogen) atoms. The number of nitro groups is 1. The Morgan fingerprint density at radius 2 is 2.00 bits per heavy atom. The Bertz CT molecular complexity index is 1090. The van der Waals surface area contributed by atoms with Crippen molar-refractivity contribution in [3.05, 3.63) is 74.4 Å². The number of nitrogens with zero attached hydrogens (tertiary/aromatic N) is 2. The molecule has 1 aliphatic rings. The van der Waals surface area contributed by atoms with E-state index in [1.165, 1.54) is 18.2 Å². The zero-order valence-corrected chi connectivity index (χ0v) is 14.1. The average Bonchev–Trinajstić information content (AvgIpc) is 3.01. The van der Waals surface area contributed by atoms with E-state index in [1.54, 1.807) is 0 Å². The Hall–Kier alpha value is -3.19. The van der Waals surface area contributed by atoms with Crippen LogP contribution >= 0.6 is 11.6 Å². The second-order valence-corrected chi connectivity index (χ2v) is 6.39. The van der Waals surface area contributed by atoms with Crippen LogP contribution in [0.4, 0.5) is 5.69 Å². The number of benzene rings is 2. The highest BCUT2D eigenvalue weighted by molar-refractivity contribution is 6.31. The molecule has 2 heterocycles. The standard InChI is InChI=1S/C18H12ClN3O4/c19-10-5-6-15(22(25)26)13(9-10)17(23)21-8-7-12-11-3-1-2-4-14(11)20-16(12)18(21)24/h1-6,9,20H,7-8H2. The van der Waals surface area contributed by atoms with Gasteiger partial charge in [-0.05, 0) is 30.2 Å². The highest BCUT2D eigenvalue weighted by atomic mass is 35.5. The molecule has 0 bridgehead atoms. The lowest BCUT2D eigenvalue weighted by Gasteiger charge is -2.25. The number of imide groups is 1. The molecule has 130 valence electrons. The molecule has 0 saturated heterocycles. The van der Waals surface area contributed by atoms with Gasteiger partial charge in [0.15, 0.2) is 0 Å². The molecule has 0 radical (unpaired) electrons. The first-order chi connectivity index (χ1) is 12.5. The van der Waals surface area contributed by atoms with Gasteiger partial charge in [0.1, 0.15) is 11.3 Å². The van der Waals surface area contributed by atoms with Crippen molar-refractivity contribution in [1.29, 1.82) is 0 Å². The number of nitro benzene ring substituents is 1. The molecule has 2 aromatic carbocycles. The summed E-state index contributed by atoms with van der Waals surface area (Å²) in [4.78, 5) is 40.3. The Labute approximate surface area is 152 Å². The van der Waals surface area contributed by atoms with Gasteiger partial charge >= 0.3 is 0 Å². The minimum Gasteiger partial charge on any atom is -0.350 e. The minimum atomic E-state index is -0.728. The number of hydrogen-bond donors (Lipinski definition) is 1. The SMILES string of the molecule is O=C(c1cc(Cl)ccc1[N+](=O)[O-])N1CCc2c([nH]c3ccccc23)C1=O. The van der Waals surface area contributed by atoms with Crippen LogP contribution in [0.1, 0.15) is 26.4 Å². The van der Waals surface area contributed by atoms with Crippen LogP contribution in [0.25, 0.3) is 10.9 Å². The van der Waals surface area contributed by atoms with Crippen molar-refractivity contribution in [2.24, 2.45) is 0 Å². The predicted molar refractivity (Wildman–Crippen MR) is 95.5 cm³/mol. The molecule has 0 atom stereocenters. The van der Waals surface area contributed by atoms with Crippen molar-refractivity contribution >= 4 is 40.0 Å². The van der Waals surface area contributed by atoms with Crippen LogP contribution < -0.4 is 0 Å². The zero-order chi connectivity index (χ0) is 18.4. The third-order valence-electron chi connectivity index (χ3n) is 4.49. The van der Waals surface area contributed by atoms with E-state index in [9.17, 15) is 19.7 Å². The number of fused-ring (bicyclic) bond motifs is 3. The number of hydrogen-bond acceptors (Lipinski definition) is 4. The zero-order valence-electron chi connectivity index (χ0n) is 13.4. The Morgan fingerprint density at radius 1 is 1.23 bits per heavy atom. The molecule has 0 aliphatic carbocycles. The molecule has 1 aromatic heterocycles. The molecule has 4 rings (SSSR count). The number of nitrogens with one attached hydrogen (secondary N) is 1. The monoisotopic (exact) mass is 369 g/mol. The fraction of sp³-hybridized carbons (Fsp3) is 0.111. The summed E-state index contributed by atoms with van der Waals surface area (Å²) in [5, 5.41) is 12.3. The summed E-state index contributed by atoms with van der Waals surface area (Å²) in [6, 6.07) is 11.2. The van der Waals surface area contributed by atoms with Crippen LogP contribution in [-0.4, -0.2) is 33.2 Å². The number of halogens is 1. The van der Waals surface area contributed by atoms with Gasteiger partial charge in [-0.25, -0.2) is 0 Å². The number of aromatic nitrogens is 1. The molecule has 3 aromatic rings. The van der Waals surface area contributed by atoms with Crippen LogP contribution in [0.2, 0.25) is 5.02 Å². The first-order valence-electron chi connectivity index (χ1n) is 7.87. The van der Waals surface area contributed by atoms with Crippen molar-refractivity contribution in [2.75, 3.05) is 6.54 Å². The second kappa shape index (κ2) is 5.96. The van der Waals surface area contributed by atoms with Crippen LogP contribution in [0.3, 0.4) is 0 Å². The lowest BCUT2D eigenvalue weighted by molar-refractivity contribution is -0.385. The normalized spacial score (nSPS) is 13.7. The highest BCUT2D eigenvalue weighted by Gasteiger charge is 2.35. The van der Waals surface area contributed by atoms with Crippen molar-refractivity contribution in [3.8, 4) is 0 Å². The summed E-state index contributed by atoms with van der Waals surface area (Å²) in [6.45, 7) is 0.149. The Morgan fingerprint density at radius 3 is 2.77 bits per heavy atom. The molecule has 0 spiro atoms. The van der Waals surface area contributed by atoms with Gasteiger partial charge in [0.05, 0.1) is 4.92 Å². The van der Waals surface area contributed by atoms with E-state index in [2.05, 4.69) is 4.98 Å². The average molecular weight is 370 g/mol. The van der Waals surface area contributed by atoms with E-state index >= 15 is 0 Å². The van der Waals surface area contributed by atoms with E-state index < -0.39 is 16.7 Å². The fourth-order valence-electron chi connectivity index (χ4n) is 3.28. The number of aromatic amines is 1. The number of H-pyrrole nitrogens is 1. The first kappa shape index (κ1) is 16.3. The van der Waals surface area contributed by atoms with Gasteiger partial charge < -0.3 is 4.98 Å². The maximum absolute atomic E-state index is 12.8. The van der Waals surface area contributed by atoms with E-state index in [0.717, 1.165) is 21.4 Å². The number of rotatable bonds is 2. The van der Waals surface area contributed by atoms with Crippen LogP contribution in [-0.2, 0) is 6.42 Å². The van der Waals surface area contributed by atoms with Crippen LogP contribution in [0.15, 0.2) is 42.5 Å². The van der Waals surface area contributed by atoms with E-state index in [-0.39, 0.29) is 22.8 Å². The number of carbonyl (C=O) groups excluding carboxylic acids is 2. The Kier molecular flexibility index (Phi) is 3.73. The van der Waals surface area contributed by atoms with Gasteiger partial charge in [-0.15, -0.1) is 0 Å². The Balaban J connectivity index is 1.76. The maximum atomic E-state index is 12.8. The molecule has 0 fully saturated rings. The second-order valence-electron chi connectivity index (χ2n) is 5.95. The molecule has 2 amide bonds. The van der Waals surface area contributed by atoms with Crippen LogP contribution in [0, 0.1) is 10.1 Å². The third-order valence-corrected chi connectivity index (χ3v) is 4.72. The molecule has 7 nitrogen and oxygen atoms in total. The topological polar surface area (TPSA) is 96.3 Å². The van der Waals surface area contributed by atoms with Gasteiger partial charge in [-0.3, -0.25) is 24.6 Å². The van der Waals surface area contributed by atoms with E-state index in [1.807, 2.05) is 24.3 Å².